The fourth-order valence-corrected chi connectivity index (χ4v) is 4.08. The number of nitrogens with zero attached hydrogens (tertiary/aromatic N) is 2. The van der Waals surface area contributed by atoms with E-state index in [4.69, 9.17) is 4.74 Å². The zero-order valence-electron chi connectivity index (χ0n) is 19.0. The summed E-state index contributed by atoms with van der Waals surface area (Å²) in [4.78, 5) is 16.7. The van der Waals surface area contributed by atoms with Gasteiger partial charge in [-0.05, 0) is 54.3 Å². The van der Waals surface area contributed by atoms with Gasteiger partial charge >= 0.3 is 5.97 Å². The third-order valence-electron chi connectivity index (χ3n) is 5.76. The predicted molar refractivity (Wildman–Crippen MR) is 130 cm³/mol. The molecule has 1 atom stereocenters. The van der Waals surface area contributed by atoms with E-state index in [1.165, 1.54) is 5.56 Å². The molecule has 0 saturated carbocycles. The second-order valence-corrected chi connectivity index (χ2v) is 8.38. The van der Waals surface area contributed by atoms with Crippen molar-refractivity contribution in [1.82, 2.24) is 9.55 Å². The molecule has 0 fully saturated rings. The standard InChI is InChI=1S/C28H30N2O3/c1-2-3-11-24-16-21(14-15-29-24)18-30-19-23(26-12-7-8-13-27(26)30)17-25(31)20-33-28(32)22-9-5-4-6-10-22/h4-10,12-16,19,25,31H,2-3,11,17-18,20H2,1H3. The van der Waals surface area contributed by atoms with Crippen LogP contribution < -0.4 is 0 Å². The molecule has 0 radical (unpaired) electrons. The molecule has 4 aromatic rings. The van der Waals surface area contributed by atoms with Crippen molar-refractivity contribution in [3.63, 3.8) is 0 Å². The third-order valence-corrected chi connectivity index (χ3v) is 5.76. The first-order valence-electron chi connectivity index (χ1n) is 11.5. The van der Waals surface area contributed by atoms with Crippen LogP contribution in [0.1, 0.15) is 46.9 Å². The highest BCUT2D eigenvalue weighted by Crippen LogP contribution is 2.24. The Kier molecular flexibility index (Phi) is 7.53. The van der Waals surface area contributed by atoms with Crippen LogP contribution in [0.4, 0.5) is 0 Å². The van der Waals surface area contributed by atoms with E-state index in [1.54, 1.807) is 24.3 Å². The van der Waals surface area contributed by atoms with E-state index < -0.39 is 12.1 Å². The summed E-state index contributed by atoms with van der Waals surface area (Å²) in [5, 5.41) is 11.7. The van der Waals surface area contributed by atoms with E-state index >= 15 is 0 Å². The number of pyridine rings is 1. The van der Waals surface area contributed by atoms with Gasteiger partial charge in [-0.15, -0.1) is 0 Å². The Labute approximate surface area is 194 Å². The minimum absolute atomic E-state index is 0.0433. The number of hydrogen-bond acceptors (Lipinski definition) is 4. The van der Waals surface area contributed by atoms with Crippen LogP contribution in [0, 0.1) is 0 Å². The molecule has 0 aliphatic carbocycles. The van der Waals surface area contributed by atoms with Gasteiger partial charge in [0, 0.05) is 42.0 Å². The number of carbonyl (C=O) groups excluding carboxylic acids is 1. The van der Waals surface area contributed by atoms with Crippen molar-refractivity contribution in [2.45, 2.75) is 45.3 Å². The van der Waals surface area contributed by atoms with E-state index in [1.807, 2.05) is 24.4 Å². The molecular formula is C28H30N2O3. The SMILES string of the molecule is CCCCc1cc(Cn2cc(CC(O)COC(=O)c3ccccc3)c3ccccc32)ccn1. The van der Waals surface area contributed by atoms with Crippen LogP contribution >= 0.6 is 0 Å². The Hall–Kier alpha value is -3.44. The van der Waals surface area contributed by atoms with Crippen molar-refractivity contribution < 1.29 is 14.6 Å². The first-order valence-corrected chi connectivity index (χ1v) is 11.5. The molecule has 170 valence electrons. The normalized spacial score (nSPS) is 12.1. The number of benzene rings is 2. The average Bonchev–Trinajstić information content (AvgIpc) is 3.19. The van der Waals surface area contributed by atoms with Gasteiger partial charge in [0.05, 0.1) is 11.7 Å². The molecule has 0 aliphatic rings. The summed E-state index contributed by atoms with van der Waals surface area (Å²) < 4.78 is 7.53. The number of ether oxygens (including phenoxy) is 1. The maximum atomic E-state index is 12.2. The van der Waals surface area contributed by atoms with E-state index in [2.05, 4.69) is 46.9 Å². The number of rotatable bonds is 10. The number of hydrogen-bond donors (Lipinski definition) is 1. The Balaban J connectivity index is 1.46. The van der Waals surface area contributed by atoms with Crippen molar-refractivity contribution in [1.29, 1.82) is 0 Å². The highest BCUT2D eigenvalue weighted by molar-refractivity contribution is 5.89. The molecule has 2 aromatic heterocycles. The van der Waals surface area contributed by atoms with Crippen LogP contribution in [0.5, 0.6) is 0 Å². The Morgan fingerprint density at radius 2 is 1.88 bits per heavy atom. The maximum Gasteiger partial charge on any atom is 0.338 e. The second-order valence-electron chi connectivity index (χ2n) is 8.38. The summed E-state index contributed by atoms with van der Waals surface area (Å²) in [6.07, 6.45) is 6.90. The van der Waals surface area contributed by atoms with Gasteiger partial charge in [0.15, 0.2) is 0 Å². The van der Waals surface area contributed by atoms with Gasteiger partial charge in [0.1, 0.15) is 6.61 Å². The first kappa shape index (κ1) is 22.7. The molecule has 0 bridgehead atoms. The highest BCUT2D eigenvalue weighted by atomic mass is 16.5. The van der Waals surface area contributed by atoms with Crippen molar-refractivity contribution in [2.24, 2.45) is 0 Å². The fourth-order valence-electron chi connectivity index (χ4n) is 4.08. The summed E-state index contributed by atoms with van der Waals surface area (Å²) in [6.45, 7) is 2.88. The van der Waals surface area contributed by atoms with Crippen molar-refractivity contribution in [3.05, 3.63) is 102 Å². The monoisotopic (exact) mass is 442 g/mol. The highest BCUT2D eigenvalue weighted by Gasteiger charge is 2.15. The van der Waals surface area contributed by atoms with Crippen LogP contribution in [0.25, 0.3) is 10.9 Å². The van der Waals surface area contributed by atoms with E-state index in [0.29, 0.717) is 12.0 Å². The van der Waals surface area contributed by atoms with Crippen molar-refractivity contribution in [2.75, 3.05) is 6.61 Å². The van der Waals surface area contributed by atoms with Crippen molar-refractivity contribution >= 4 is 16.9 Å². The maximum absolute atomic E-state index is 12.2. The first-order chi connectivity index (χ1) is 16.1. The van der Waals surface area contributed by atoms with Gasteiger partial charge in [-0.25, -0.2) is 4.79 Å². The van der Waals surface area contributed by atoms with Gasteiger partial charge in [-0.3, -0.25) is 4.98 Å². The molecular weight excluding hydrogens is 412 g/mol. The topological polar surface area (TPSA) is 64.3 Å². The lowest BCUT2D eigenvalue weighted by Gasteiger charge is -2.11. The Morgan fingerprint density at radius 1 is 1.09 bits per heavy atom. The minimum atomic E-state index is -0.779. The van der Waals surface area contributed by atoms with Crippen LogP contribution in [0.15, 0.2) is 79.1 Å². The second kappa shape index (κ2) is 10.9. The summed E-state index contributed by atoms with van der Waals surface area (Å²) in [6, 6.07) is 21.3. The largest absolute Gasteiger partial charge is 0.459 e. The van der Waals surface area contributed by atoms with Gasteiger partial charge in [0.2, 0.25) is 0 Å². The summed E-state index contributed by atoms with van der Waals surface area (Å²) in [7, 11) is 0. The predicted octanol–water partition coefficient (Wildman–Crippen LogP) is 5.19. The molecule has 5 nitrogen and oxygen atoms in total. The minimum Gasteiger partial charge on any atom is -0.459 e. The molecule has 1 N–H and O–H groups in total. The van der Waals surface area contributed by atoms with Gasteiger partial charge < -0.3 is 14.4 Å². The number of aliphatic hydroxyl groups excluding tert-OH is 1. The molecule has 5 heteroatoms. The lowest BCUT2D eigenvalue weighted by molar-refractivity contribution is 0.0259. The molecule has 0 amide bonds. The molecule has 0 aliphatic heterocycles. The number of aliphatic hydroxyl groups is 1. The van der Waals surface area contributed by atoms with Crippen LogP contribution in [-0.4, -0.2) is 33.3 Å². The van der Waals surface area contributed by atoms with Crippen LogP contribution in [-0.2, 0) is 24.1 Å². The van der Waals surface area contributed by atoms with Gasteiger partial charge in [-0.1, -0.05) is 49.7 Å². The summed E-state index contributed by atoms with van der Waals surface area (Å²) >= 11 is 0. The van der Waals surface area contributed by atoms with E-state index in [0.717, 1.165) is 48.0 Å². The number of aromatic nitrogens is 2. The fraction of sp³-hybridized carbons (Fsp3) is 0.286. The van der Waals surface area contributed by atoms with Crippen molar-refractivity contribution in [3.8, 4) is 0 Å². The van der Waals surface area contributed by atoms with Crippen LogP contribution in [0.2, 0.25) is 0 Å². The lowest BCUT2D eigenvalue weighted by Crippen LogP contribution is -2.20. The number of unbranched alkanes of at least 4 members (excludes halogenated alkanes) is 1. The average molecular weight is 443 g/mol. The number of para-hydroxylation sites is 1. The third kappa shape index (κ3) is 5.88. The molecule has 2 aromatic carbocycles. The van der Waals surface area contributed by atoms with Gasteiger partial charge in [0.25, 0.3) is 0 Å². The number of carbonyl (C=O) groups is 1. The summed E-state index contributed by atoms with van der Waals surface area (Å²) in [5.74, 6) is -0.423. The molecule has 4 rings (SSSR count). The van der Waals surface area contributed by atoms with Gasteiger partial charge in [-0.2, -0.15) is 0 Å². The van der Waals surface area contributed by atoms with Crippen LogP contribution in [0.3, 0.4) is 0 Å². The Bertz CT molecular complexity index is 1200. The van der Waals surface area contributed by atoms with E-state index in [-0.39, 0.29) is 6.61 Å². The zero-order chi connectivity index (χ0) is 23.0. The molecule has 1 unspecified atom stereocenters. The quantitative estimate of drug-likeness (QED) is 0.343. The number of fused-ring (bicyclic) bond motifs is 1. The van der Waals surface area contributed by atoms with E-state index in [9.17, 15) is 9.90 Å². The smallest absolute Gasteiger partial charge is 0.338 e. The number of esters is 1. The molecule has 0 spiro atoms. The lowest BCUT2D eigenvalue weighted by atomic mass is 10.1. The zero-order valence-corrected chi connectivity index (χ0v) is 19.0. The summed E-state index contributed by atoms with van der Waals surface area (Å²) in [5.41, 5.74) is 4.97. The molecule has 33 heavy (non-hydrogen) atoms. The number of aryl methyl sites for hydroxylation is 1. The Morgan fingerprint density at radius 3 is 2.70 bits per heavy atom. The molecule has 2 heterocycles. The molecule has 0 saturated heterocycles.